The smallest absolute Gasteiger partial charge is 0.274 e. The predicted octanol–water partition coefficient (Wildman–Crippen LogP) is -2.90. The van der Waals surface area contributed by atoms with Crippen molar-refractivity contribution >= 4 is 69.1 Å². The molecule has 3 rings (SSSR count). The Labute approximate surface area is 311 Å². The van der Waals surface area contributed by atoms with Gasteiger partial charge in [0.15, 0.2) is 17.7 Å². The second kappa shape index (κ2) is 19.0. The van der Waals surface area contributed by atoms with Crippen LogP contribution < -0.4 is 35.9 Å². The first-order chi connectivity index (χ1) is 24.9. The third kappa shape index (κ3) is 13.8. The molecule has 1 aliphatic rings. The van der Waals surface area contributed by atoms with E-state index in [2.05, 4.69) is 43.5 Å². The summed E-state index contributed by atoms with van der Waals surface area (Å²) < 4.78 is 60.4. The van der Waals surface area contributed by atoms with Gasteiger partial charge >= 0.3 is 0 Å². The van der Waals surface area contributed by atoms with E-state index in [-0.39, 0.29) is 41.6 Å². The summed E-state index contributed by atoms with van der Waals surface area (Å²) in [4.78, 5) is 95.4. The third-order valence-corrected chi connectivity index (χ3v) is 11.0. The number of nitrogens with zero attached hydrogens (tertiary/aromatic N) is 4. The van der Waals surface area contributed by atoms with Crippen LogP contribution in [0.2, 0.25) is 0 Å². The molecular weight excluding hydrogens is 807 g/mol. The molecule has 3 heterocycles. The van der Waals surface area contributed by atoms with Crippen LogP contribution in [0.25, 0.3) is 11.2 Å². The van der Waals surface area contributed by atoms with E-state index in [1.54, 1.807) is 13.8 Å². The minimum atomic E-state index is -5.91. The van der Waals surface area contributed by atoms with Gasteiger partial charge < -0.3 is 69.0 Å². The molecule has 24 nitrogen and oxygen atoms in total. The molecule has 0 bridgehead atoms. The number of carbonyl (C=O) groups is 3. The summed E-state index contributed by atoms with van der Waals surface area (Å²) in [5, 5.41) is 26.0. The molecular formula is C26H38N7O17P3S-4. The van der Waals surface area contributed by atoms with Crippen molar-refractivity contribution in [1.82, 2.24) is 30.2 Å². The predicted molar refractivity (Wildman–Crippen MR) is 178 cm³/mol. The third-order valence-electron chi connectivity index (χ3n) is 7.13. The quantitative estimate of drug-likeness (QED) is 0.0507. The molecule has 2 amide bonds. The number of nitrogens with one attached hydrogen (secondary N) is 2. The average molecular weight is 846 g/mol. The lowest BCUT2D eigenvalue weighted by molar-refractivity contribution is -0.347. The van der Waals surface area contributed by atoms with Crippen molar-refractivity contribution in [3.05, 3.63) is 24.3 Å². The van der Waals surface area contributed by atoms with E-state index in [0.29, 0.717) is 5.75 Å². The highest BCUT2D eigenvalue weighted by Crippen LogP contribution is 2.56. The first-order valence-corrected chi connectivity index (χ1v) is 20.9. The molecule has 28 heteroatoms. The number of nitrogen functional groups attached to an aromatic ring is 1. The molecule has 0 spiro atoms. The second-order valence-corrected chi connectivity index (χ2v) is 17.5. The first kappa shape index (κ1) is 45.7. The fourth-order valence-corrected chi connectivity index (χ4v) is 8.00. The number of nitrogens with two attached hydrogens (primary N) is 1. The summed E-state index contributed by atoms with van der Waals surface area (Å²) in [6, 6.07) is 0. The SMILES string of the molecule is CC(C)=CC(=O)SCCNC(=O)CCNC(=O)C(O)C(C)(C)COP(=O)([O-])OP(=O)([O-])OCC1OC(n2cnc3c(N)ncnc32)C(O)C1OP(=O)([O-])[O-]. The van der Waals surface area contributed by atoms with E-state index >= 15 is 0 Å². The van der Waals surface area contributed by atoms with Gasteiger partial charge in [-0.05, 0) is 19.9 Å². The number of ether oxygens (including phenoxy) is 1. The Morgan fingerprint density at radius 2 is 1.76 bits per heavy atom. The van der Waals surface area contributed by atoms with Crippen LogP contribution in [0.3, 0.4) is 0 Å². The monoisotopic (exact) mass is 845 g/mol. The van der Waals surface area contributed by atoms with Gasteiger partial charge in [-0.2, -0.15) is 0 Å². The highest BCUT2D eigenvalue weighted by molar-refractivity contribution is 8.14. The molecule has 1 saturated heterocycles. The van der Waals surface area contributed by atoms with E-state index in [4.69, 9.17) is 10.5 Å². The molecule has 2 aromatic rings. The molecule has 2 aromatic heterocycles. The lowest BCUT2D eigenvalue weighted by Crippen LogP contribution is -2.46. The number of carbonyl (C=O) groups excluding carboxylic acids is 3. The molecule has 7 unspecified atom stereocenters. The highest BCUT2D eigenvalue weighted by atomic mass is 32.2. The van der Waals surface area contributed by atoms with Gasteiger partial charge in [0.25, 0.3) is 15.6 Å². The molecule has 6 N–H and O–H groups in total. The van der Waals surface area contributed by atoms with Crippen molar-refractivity contribution in [3.63, 3.8) is 0 Å². The van der Waals surface area contributed by atoms with E-state index < -0.39 is 84.6 Å². The van der Waals surface area contributed by atoms with E-state index in [9.17, 15) is 57.9 Å². The zero-order valence-corrected chi connectivity index (χ0v) is 32.5. The molecule has 0 radical (unpaired) electrons. The minimum absolute atomic E-state index is 0.0218. The van der Waals surface area contributed by atoms with Crippen LogP contribution in [0.15, 0.2) is 24.3 Å². The van der Waals surface area contributed by atoms with Gasteiger partial charge in [-0.1, -0.05) is 31.2 Å². The zero-order chi connectivity index (χ0) is 40.6. The fraction of sp³-hybridized carbons (Fsp3) is 0.615. The Balaban J connectivity index is 1.51. The van der Waals surface area contributed by atoms with Crippen LogP contribution >= 0.6 is 35.2 Å². The number of allylic oxidation sites excluding steroid dienone is 1. The summed E-state index contributed by atoms with van der Waals surface area (Å²) in [5.41, 5.74) is 4.90. The van der Waals surface area contributed by atoms with Crippen LogP contribution in [0.4, 0.5) is 5.82 Å². The maximum absolute atomic E-state index is 12.5. The van der Waals surface area contributed by atoms with Crippen molar-refractivity contribution in [2.45, 2.75) is 64.8 Å². The number of aromatic nitrogens is 4. The van der Waals surface area contributed by atoms with E-state index in [0.717, 1.165) is 34.6 Å². The molecule has 304 valence electrons. The molecule has 0 saturated carbocycles. The van der Waals surface area contributed by atoms with Gasteiger partial charge in [0.1, 0.15) is 36.3 Å². The Kier molecular flexibility index (Phi) is 16.0. The largest absolute Gasteiger partial charge is 0.790 e. The van der Waals surface area contributed by atoms with Gasteiger partial charge in [-0.15, -0.1) is 0 Å². The lowest BCUT2D eigenvalue weighted by Gasteiger charge is -2.36. The number of thioether (sulfide) groups is 1. The molecule has 0 aromatic carbocycles. The van der Waals surface area contributed by atoms with Crippen LogP contribution in [0.1, 0.15) is 40.3 Å². The minimum Gasteiger partial charge on any atom is -0.790 e. The second-order valence-electron chi connectivity index (χ2n) is 12.4. The summed E-state index contributed by atoms with van der Waals surface area (Å²) in [5.74, 6) is -1.24. The van der Waals surface area contributed by atoms with Crippen LogP contribution in [-0.2, 0) is 50.7 Å². The number of aliphatic hydroxyl groups is 2. The number of hydrogen-bond donors (Lipinski definition) is 5. The Hall–Kier alpha value is -2.70. The van der Waals surface area contributed by atoms with Gasteiger partial charge in [0, 0.05) is 30.7 Å². The van der Waals surface area contributed by atoms with E-state index in [1.807, 2.05) is 0 Å². The summed E-state index contributed by atoms with van der Waals surface area (Å²) >= 11 is 1.01. The summed E-state index contributed by atoms with van der Waals surface area (Å²) in [6.07, 6.45) is -6.13. The van der Waals surface area contributed by atoms with Gasteiger partial charge in [0.2, 0.25) is 16.9 Å². The van der Waals surface area contributed by atoms with Crippen molar-refractivity contribution in [1.29, 1.82) is 0 Å². The number of aliphatic hydroxyl groups excluding tert-OH is 2. The number of fused-ring (bicyclic) bond motifs is 1. The Morgan fingerprint density at radius 3 is 2.41 bits per heavy atom. The van der Waals surface area contributed by atoms with Gasteiger partial charge in [0.05, 0.1) is 27.4 Å². The van der Waals surface area contributed by atoms with Gasteiger partial charge in [-0.3, -0.25) is 28.1 Å². The number of phosphoric ester groups is 3. The molecule has 54 heavy (non-hydrogen) atoms. The molecule has 7 atom stereocenters. The van der Waals surface area contributed by atoms with Crippen molar-refractivity contribution in [2.75, 3.05) is 37.8 Å². The molecule has 1 aliphatic heterocycles. The fourth-order valence-electron chi connectivity index (χ4n) is 4.54. The first-order valence-electron chi connectivity index (χ1n) is 15.5. The maximum Gasteiger partial charge on any atom is 0.274 e. The van der Waals surface area contributed by atoms with Crippen LogP contribution in [0.5, 0.6) is 0 Å². The topological polar surface area (TPSA) is 375 Å². The summed E-state index contributed by atoms with van der Waals surface area (Å²) in [6.45, 7) is 3.62. The normalized spacial score (nSPS) is 21.9. The van der Waals surface area contributed by atoms with Crippen molar-refractivity contribution in [2.24, 2.45) is 5.41 Å². The standard InChI is InChI=1S/C26H42N7O17P3S/c1-14(2)9-17(35)54-8-7-28-16(34)5-6-29-24(38)21(37)26(3,4)11-47-53(44,45)50-52(42,43)46-10-15-20(49-51(39,40)41)19(36)25(48-15)33-13-32-18-22(27)30-12-31-23(18)33/h9,12-13,15,19-21,25,36-37H,5-8,10-11H2,1-4H3,(H,28,34)(H,29,38)(H,42,43)(H,44,45)(H2,27,30,31)(H2,39,40,41)/p-4. The van der Waals surface area contributed by atoms with Gasteiger partial charge in [-0.25, -0.2) is 19.3 Å². The van der Waals surface area contributed by atoms with Crippen LogP contribution in [0, 0.1) is 5.41 Å². The number of hydrogen-bond acceptors (Lipinski definition) is 22. The molecule has 0 aliphatic carbocycles. The average Bonchev–Trinajstić information content (AvgIpc) is 3.60. The summed E-state index contributed by atoms with van der Waals surface area (Å²) in [7, 11) is -17.6. The lowest BCUT2D eigenvalue weighted by atomic mass is 9.87. The van der Waals surface area contributed by atoms with Crippen molar-refractivity contribution < 1.29 is 80.5 Å². The number of anilines is 1. The highest BCUT2D eigenvalue weighted by Gasteiger charge is 2.47. The zero-order valence-electron chi connectivity index (χ0n) is 29.0. The number of phosphoric acid groups is 3. The Bertz CT molecular complexity index is 1840. The Morgan fingerprint density at radius 1 is 1.09 bits per heavy atom. The van der Waals surface area contributed by atoms with Crippen LogP contribution in [-0.4, -0.2) is 103 Å². The maximum atomic E-state index is 12.5. The van der Waals surface area contributed by atoms with Crippen molar-refractivity contribution in [3.8, 4) is 0 Å². The number of rotatable bonds is 20. The number of imidazole rings is 1. The van der Waals surface area contributed by atoms with E-state index in [1.165, 1.54) is 19.9 Å². The molecule has 1 fully saturated rings. The number of amides is 2.